The van der Waals surface area contributed by atoms with Crippen LogP contribution in [-0.4, -0.2) is 29.3 Å². The Kier molecular flexibility index (Phi) is 4.13. The summed E-state index contributed by atoms with van der Waals surface area (Å²) >= 11 is 1.92. The van der Waals surface area contributed by atoms with Gasteiger partial charge in [-0.3, -0.25) is 0 Å². The van der Waals surface area contributed by atoms with Crippen molar-refractivity contribution >= 4 is 11.8 Å². The number of benzene rings is 1. The van der Waals surface area contributed by atoms with Gasteiger partial charge < -0.3 is 9.84 Å². The zero-order valence-electron chi connectivity index (χ0n) is 9.56. The molecule has 1 saturated heterocycles. The third-order valence-electron chi connectivity index (χ3n) is 2.95. The minimum absolute atomic E-state index is 0.323. The molecule has 1 aromatic rings. The molecule has 1 aliphatic heterocycles. The molecule has 2 unspecified atom stereocenters. The quantitative estimate of drug-likeness (QED) is 0.874. The molecule has 0 aromatic heterocycles. The van der Waals surface area contributed by atoms with Gasteiger partial charge in [-0.2, -0.15) is 11.8 Å². The Hall–Kier alpha value is -0.670. The van der Waals surface area contributed by atoms with Crippen LogP contribution in [0.5, 0.6) is 5.75 Å². The monoisotopic (exact) mass is 238 g/mol. The van der Waals surface area contributed by atoms with Gasteiger partial charge in [0.15, 0.2) is 0 Å². The molecule has 1 N–H and O–H groups in total. The second-order valence-corrected chi connectivity index (χ2v) is 5.46. The molecule has 0 aliphatic carbocycles. The van der Waals surface area contributed by atoms with E-state index in [4.69, 9.17) is 4.74 Å². The standard InChI is InChI=1S/C13H18O2S/c1-10-2-4-12(5-3-10)15-8-13(14)11-6-7-16-9-11/h2-5,11,13-14H,6-9H2,1H3. The number of hydrogen-bond donors (Lipinski definition) is 1. The van der Waals surface area contributed by atoms with E-state index >= 15 is 0 Å². The van der Waals surface area contributed by atoms with Crippen molar-refractivity contribution in [3.05, 3.63) is 29.8 Å². The van der Waals surface area contributed by atoms with Gasteiger partial charge in [-0.15, -0.1) is 0 Å². The first-order valence-corrected chi connectivity index (χ1v) is 6.86. The van der Waals surface area contributed by atoms with Gasteiger partial charge in [-0.25, -0.2) is 0 Å². The van der Waals surface area contributed by atoms with E-state index in [1.54, 1.807) is 0 Å². The Labute approximate surface area is 101 Å². The lowest BCUT2D eigenvalue weighted by atomic mass is 10.0. The molecule has 16 heavy (non-hydrogen) atoms. The summed E-state index contributed by atoms with van der Waals surface area (Å²) in [6, 6.07) is 7.94. The number of ether oxygens (including phenoxy) is 1. The van der Waals surface area contributed by atoms with E-state index in [1.165, 1.54) is 11.3 Å². The largest absolute Gasteiger partial charge is 0.491 e. The summed E-state index contributed by atoms with van der Waals surface area (Å²) in [7, 11) is 0. The molecule has 2 rings (SSSR count). The second-order valence-electron chi connectivity index (χ2n) is 4.32. The molecule has 1 aromatic carbocycles. The Balaban J connectivity index is 1.80. The van der Waals surface area contributed by atoms with Crippen LogP contribution in [0.25, 0.3) is 0 Å². The lowest BCUT2D eigenvalue weighted by Crippen LogP contribution is -2.27. The summed E-state index contributed by atoms with van der Waals surface area (Å²) in [5.74, 6) is 3.50. The fraction of sp³-hybridized carbons (Fsp3) is 0.538. The Morgan fingerprint density at radius 3 is 2.81 bits per heavy atom. The van der Waals surface area contributed by atoms with Crippen LogP contribution in [0, 0.1) is 12.8 Å². The number of hydrogen-bond acceptors (Lipinski definition) is 3. The van der Waals surface area contributed by atoms with Gasteiger partial charge in [0.05, 0.1) is 6.10 Å². The molecule has 0 amide bonds. The van der Waals surface area contributed by atoms with Crippen LogP contribution < -0.4 is 4.74 Å². The average molecular weight is 238 g/mol. The molecule has 0 spiro atoms. The number of aryl methyl sites for hydroxylation is 1. The molecular weight excluding hydrogens is 220 g/mol. The normalized spacial score (nSPS) is 22.0. The summed E-state index contributed by atoms with van der Waals surface area (Å²) in [5, 5.41) is 9.93. The van der Waals surface area contributed by atoms with E-state index in [2.05, 4.69) is 0 Å². The summed E-state index contributed by atoms with van der Waals surface area (Å²) < 4.78 is 5.58. The number of rotatable bonds is 4. The predicted molar refractivity (Wildman–Crippen MR) is 68.1 cm³/mol. The van der Waals surface area contributed by atoms with E-state index in [9.17, 15) is 5.11 Å². The highest BCUT2D eigenvalue weighted by Gasteiger charge is 2.23. The fourth-order valence-electron chi connectivity index (χ4n) is 1.81. The Morgan fingerprint density at radius 2 is 2.19 bits per heavy atom. The zero-order chi connectivity index (χ0) is 11.4. The molecule has 1 fully saturated rings. The van der Waals surface area contributed by atoms with Crippen LogP contribution in [0.1, 0.15) is 12.0 Å². The maximum Gasteiger partial charge on any atom is 0.119 e. The van der Waals surface area contributed by atoms with E-state index < -0.39 is 0 Å². The lowest BCUT2D eigenvalue weighted by molar-refractivity contribution is 0.0663. The summed E-state index contributed by atoms with van der Waals surface area (Å²) in [5.41, 5.74) is 1.22. The first-order valence-electron chi connectivity index (χ1n) is 5.71. The maximum absolute atomic E-state index is 9.93. The van der Waals surface area contributed by atoms with Gasteiger partial charge >= 0.3 is 0 Å². The third-order valence-corrected chi connectivity index (χ3v) is 4.14. The van der Waals surface area contributed by atoms with Crippen molar-refractivity contribution in [1.82, 2.24) is 0 Å². The molecule has 2 nitrogen and oxygen atoms in total. The van der Waals surface area contributed by atoms with E-state index in [0.29, 0.717) is 12.5 Å². The maximum atomic E-state index is 9.93. The van der Waals surface area contributed by atoms with Crippen molar-refractivity contribution in [2.75, 3.05) is 18.1 Å². The van der Waals surface area contributed by atoms with Crippen LogP contribution in [-0.2, 0) is 0 Å². The van der Waals surface area contributed by atoms with Crippen molar-refractivity contribution in [3.8, 4) is 5.75 Å². The highest BCUT2D eigenvalue weighted by atomic mass is 32.2. The average Bonchev–Trinajstić information content (AvgIpc) is 2.81. The number of aliphatic hydroxyl groups excluding tert-OH is 1. The van der Waals surface area contributed by atoms with Crippen molar-refractivity contribution in [2.24, 2.45) is 5.92 Å². The van der Waals surface area contributed by atoms with Crippen molar-refractivity contribution < 1.29 is 9.84 Å². The van der Waals surface area contributed by atoms with E-state index in [1.807, 2.05) is 43.0 Å². The highest BCUT2D eigenvalue weighted by Crippen LogP contribution is 2.26. The zero-order valence-corrected chi connectivity index (χ0v) is 10.4. The highest BCUT2D eigenvalue weighted by molar-refractivity contribution is 7.99. The van der Waals surface area contributed by atoms with Crippen molar-refractivity contribution in [3.63, 3.8) is 0 Å². The SMILES string of the molecule is Cc1ccc(OCC(O)C2CCSC2)cc1. The fourth-order valence-corrected chi connectivity index (χ4v) is 3.14. The predicted octanol–water partition coefficient (Wildman–Crippen LogP) is 2.49. The molecule has 3 heteroatoms. The lowest BCUT2D eigenvalue weighted by Gasteiger charge is -2.17. The minimum atomic E-state index is -0.323. The van der Waals surface area contributed by atoms with Gasteiger partial charge in [-0.05, 0) is 42.9 Å². The van der Waals surface area contributed by atoms with Crippen molar-refractivity contribution in [2.45, 2.75) is 19.4 Å². The molecule has 1 heterocycles. The molecule has 0 radical (unpaired) electrons. The van der Waals surface area contributed by atoms with Gasteiger partial charge in [-0.1, -0.05) is 17.7 Å². The van der Waals surface area contributed by atoms with Crippen LogP contribution in [0.3, 0.4) is 0 Å². The van der Waals surface area contributed by atoms with Crippen LogP contribution in [0.15, 0.2) is 24.3 Å². The van der Waals surface area contributed by atoms with Gasteiger partial charge in [0.1, 0.15) is 12.4 Å². The van der Waals surface area contributed by atoms with Crippen LogP contribution in [0.4, 0.5) is 0 Å². The second kappa shape index (κ2) is 5.60. The van der Waals surface area contributed by atoms with E-state index in [-0.39, 0.29) is 6.10 Å². The molecule has 2 atom stereocenters. The Bertz CT molecular complexity index is 317. The molecule has 1 aliphatic rings. The summed E-state index contributed by atoms with van der Waals surface area (Å²) in [6.07, 6.45) is 0.791. The number of aliphatic hydroxyl groups is 1. The summed E-state index contributed by atoms with van der Waals surface area (Å²) in [6.45, 7) is 2.46. The first-order chi connectivity index (χ1) is 7.75. The molecular formula is C13H18O2S. The minimum Gasteiger partial charge on any atom is -0.491 e. The van der Waals surface area contributed by atoms with Crippen LogP contribution >= 0.6 is 11.8 Å². The van der Waals surface area contributed by atoms with Gasteiger partial charge in [0.25, 0.3) is 0 Å². The Morgan fingerprint density at radius 1 is 1.44 bits per heavy atom. The third kappa shape index (κ3) is 3.16. The van der Waals surface area contributed by atoms with Gasteiger partial charge in [0.2, 0.25) is 0 Å². The molecule has 88 valence electrons. The first kappa shape index (κ1) is 11.8. The molecule has 0 saturated carbocycles. The summed E-state index contributed by atoms with van der Waals surface area (Å²) in [4.78, 5) is 0. The topological polar surface area (TPSA) is 29.5 Å². The van der Waals surface area contributed by atoms with Crippen molar-refractivity contribution in [1.29, 1.82) is 0 Å². The van der Waals surface area contributed by atoms with E-state index in [0.717, 1.165) is 17.9 Å². The smallest absolute Gasteiger partial charge is 0.119 e. The van der Waals surface area contributed by atoms with Crippen LogP contribution in [0.2, 0.25) is 0 Å². The molecule has 0 bridgehead atoms. The van der Waals surface area contributed by atoms with Gasteiger partial charge in [0, 0.05) is 0 Å². The number of thioether (sulfide) groups is 1.